The number of amides is 1. The number of fused-ring (bicyclic) bond motifs is 1. The highest BCUT2D eigenvalue weighted by atomic mass is 32.2. The molecule has 3 nitrogen and oxygen atoms in total. The molecule has 0 unspecified atom stereocenters. The van der Waals surface area contributed by atoms with E-state index in [0.29, 0.717) is 15.4 Å². The molecule has 0 saturated carbocycles. The quantitative estimate of drug-likeness (QED) is 0.727. The number of anilines is 1. The summed E-state index contributed by atoms with van der Waals surface area (Å²) >= 11 is 2.76. The van der Waals surface area contributed by atoms with Gasteiger partial charge < -0.3 is 0 Å². The van der Waals surface area contributed by atoms with Gasteiger partial charge in [-0.2, -0.15) is 0 Å². The van der Waals surface area contributed by atoms with Crippen LogP contribution in [0.1, 0.15) is 10.4 Å². The predicted octanol–water partition coefficient (Wildman–Crippen LogP) is 4.41. The zero-order valence-corrected chi connectivity index (χ0v) is 12.7. The van der Waals surface area contributed by atoms with Crippen molar-refractivity contribution in [2.45, 2.75) is 4.90 Å². The van der Waals surface area contributed by atoms with Gasteiger partial charge in [0.1, 0.15) is 11.3 Å². The molecule has 1 aromatic heterocycles. The third-order valence-electron chi connectivity index (χ3n) is 2.94. The van der Waals surface area contributed by atoms with Gasteiger partial charge in [0.2, 0.25) is 0 Å². The van der Waals surface area contributed by atoms with E-state index < -0.39 is 0 Å². The van der Waals surface area contributed by atoms with Crippen molar-refractivity contribution in [3.63, 3.8) is 0 Å². The fraction of sp³-hybridized carbons (Fsp3) is 0.0667. The van der Waals surface area contributed by atoms with Crippen LogP contribution in [-0.4, -0.2) is 17.1 Å². The Kier molecular flexibility index (Phi) is 3.90. The smallest absolute Gasteiger partial charge is 0.258 e. The first-order valence-electron chi connectivity index (χ1n) is 6.18. The highest BCUT2D eigenvalue weighted by molar-refractivity contribution is 7.98. The van der Waals surface area contributed by atoms with Gasteiger partial charge in [-0.05, 0) is 30.5 Å². The summed E-state index contributed by atoms with van der Waals surface area (Å²) in [6.07, 6.45) is 1.92. The number of thiazole rings is 1. The second-order valence-electron chi connectivity index (χ2n) is 4.26. The van der Waals surface area contributed by atoms with Crippen molar-refractivity contribution in [3.05, 3.63) is 53.8 Å². The van der Waals surface area contributed by atoms with Crippen LogP contribution in [0.4, 0.5) is 9.52 Å². The van der Waals surface area contributed by atoms with Crippen molar-refractivity contribution >= 4 is 44.4 Å². The fourth-order valence-electron chi connectivity index (χ4n) is 1.97. The highest BCUT2D eigenvalue weighted by Crippen LogP contribution is 2.28. The number of benzene rings is 2. The largest absolute Gasteiger partial charge is 0.298 e. The van der Waals surface area contributed by atoms with Gasteiger partial charge in [0.15, 0.2) is 5.13 Å². The molecule has 21 heavy (non-hydrogen) atoms. The summed E-state index contributed by atoms with van der Waals surface area (Å²) in [5.74, 6) is -0.617. The zero-order chi connectivity index (χ0) is 14.8. The highest BCUT2D eigenvalue weighted by Gasteiger charge is 2.14. The predicted molar refractivity (Wildman–Crippen MR) is 85.8 cm³/mol. The topological polar surface area (TPSA) is 42.0 Å². The number of hydrogen-bond acceptors (Lipinski definition) is 4. The third kappa shape index (κ3) is 2.77. The summed E-state index contributed by atoms with van der Waals surface area (Å²) in [4.78, 5) is 17.3. The average molecular weight is 318 g/mol. The van der Waals surface area contributed by atoms with Crippen molar-refractivity contribution in [1.82, 2.24) is 4.98 Å². The summed E-state index contributed by atoms with van der Waals surface area (Å²) in [6.45, 7) is 0. The number of aromatic nitrogens is 1. The summed E-state index contributed by atoms with van der Waals surface area (Å²) in [7, 11) is 0. The van der Waals surface area contributed by atoms with E-state index in [0.717, 1.165) is 4.90 Å². The first kappa shape index (κ1) is 14.0. The Hall–Kier alpha value is -1.92. The molecule has 2 aromatic carbocycles. The van der Waals surface area contributed by atoms with Crippen LogP contribution in [0.2, 0.25) is 0 Å². The number of carbonyl (C=O) groups is 1. The van der Waals surface area contributed by atoms with E-state index in [9.17, 15) is 9.18 Å². The lowest BCUT2D eigenvalue weighted by atomic mass is 10.2. The maximum atomic E-state index is 13.6. The van der Waals surface area contributed by atoms with Crippen LogP contribution in [0.5, 0.6) is 0 Å². The molecule has 0 aliphatic rings. The number of para-hydroxylation sites is 1. The maximum absolute atomic E-state index is 13.6. The van der Waals surface area contributed by atoms with Crippen LogP contribution < -0.4 is 5.32 Å². The normalized spacial score (nSPS) is 10.8. The molecular weight excluding hydrogens is 307 g/mol. The molecule has 0 atom stereocenters. The van der Waals surface area contributed by atoms with E-state index in [-0.39, 0.29) is 17.2 Å². The Balaban J connectivity index is 1.91. The van der Waals surface area contributed by atoms with Crippen molar-refractivity contribution in [1.29, 1.82) is 0 Å². The molecule has 0 aliphatic heterocycles. The molecular formula is C15H11FN2OS2. The van der Waals surface area contributed by atoms with Gasteiger partial charge in [-0.15, -0.1) is 11.8 Å². The van der Waals surface area contributed by atoms with E-state index in [1.165, 1.54) is 29.2 Å². The number of rotatable bonds is 3. The van der Waals surface area contributed by atoms with Crippen molar-refractivity contribution in [2.24, 2.45) is 0 Å². The number of nitrogens with zero attached hydrogens (tertiary/aromatic N) is 1. The molecule has 0 aliphatic carbocycles. The monoisotopic (exact) mass is 318 g/mol. The minimum absolute atomic E-state index is 0.237. The molecule has 0 spiro atoms. The Morgan fingerprint density at radius 1 is 1.24 bits per heavy atom. The van der Waals surface area contributed by atoms with Crippen molar-refractivity contribution in [3.8, 4) is 0 Å². The second kappa shape index (κ2) is 5.83. The van der Waals surface area contributed by atoms with Gasteiger partial charge in [-0.25, -0.2) is 9.37 Å². The number of carbonyl (C=O) groups excluding carboxylic acids is 1. The minimum Gasteiger partial charge on any atom is -0.298 e. The van der Waals surface area contributed by atoms with E-state index in [1.807, 2.05) is 24.5 Å². The first-order chi connectivity index (χ1) is 10.2. The summed E-state index contributed by atoms with van der Waals surface area (Å²) in [6, 6.07) is 12.1. The molecule has 1 heterocycles. The SMILES string of the molecule is CSc1ccccc1C(=O)Nc1nc2c(F)cccc2s1. The van der Waals surface area contributed by atoms with Crippen LogP contribution in [0.3, 0.4) is 0 Å². The second-order valence-corrected chi connectivity index (χ2v) is 6.14. The Bertz CT molecular complexity index is 816. The van der Waals surface area contributed by atoms with E-state index in [4.69, 9.17) is 0 Å². The van der Waals surface area contributed by atoms with Gasteiger partial charge in [0.25, 0.3) is 5.91 Å². The molecule has 6 heteroatoms. The Morgan fingerprint density at radius 3 is 2.81 bits per heavy atom. The van der Waals surface area contributed by atoms with Gasteiger partial charge >= 0.3 is 0 Å². The number of nitrogens with one attached hydrogen (secondary N) is 1. The number of thioether (sulfide) groups is 1. The summed E-state index contributed by atoms with van der Waals surface area (Å²) in [5.41, 5.74) is 0.876. The lowest BCUT2D eigenvalue weighted by Crippen LogP contribution is -2.12. The van der Waals surface area contributed by atoms with E-state index in [1.54, 1.807) is 18.2 Å². The minimum atomic E-state index is -0.381. The van der Waals surface area contributed by atoms with E-state index >= 15 is 0 Å². The molecule has 1 N–H and O–H groups in total. The summed E-state index contributed by atoms with van der Waals surface area (Å²) < 4.78 is 14.3. The maximum Gasteiger partial charge on any atom is 0.258 e. The Labute approximate surface area is 129 Å². The third-order valence-corrected chi connectivity index (χ3v) is 4.67. The van der Waals surface area contributed by atoms with Crippen LogP contribution in [0.25, 0.3) is 10.2 Å². The lowest BCUT2D eigenvalue weighted by Gasteiger charge is -2.05. The van der Waals surface area contributed by atoms with E-state index in [2.05, 4.69) is 10.3 Å². The van der Waals surface area contributed by atoms with Crippen LogP contribution >= 0.6 is 23.1 Å². The van der Waals surface area contributed by atoms with Crippen molar-refractivity contribution in [2.75, 3.05) is 11.6 Å². The molecule has 0 radical (unpaired) electrons. The van der Waals surface area contributed by atoms with Crippen LogP contribution in [0.15, 0.2) is 47.4 Å². The van der Waals surface area contributed by atoms with Crippen molar-refractivity contribution < 1.29 is 9.18 Å². The summed E-state index contributed by atoms with van der Waals surface area (Å²) in [5, 5.41) is 3.14. The Morgan fingerprint density at radius 2 is 2.05 bits per heavy atom. The molecule has 3 aromatic rings. The van der Waals surface area contributed by atoms with Gasteiger partial charge in [0.05, 0.1) is 10.3 Å². The van der Waals surface area contributed by atoms with Gasteiger partial charge in [-0.3, -0.25) is 10.1 Å². The number of hydrogen-bond donors (Lipinski definition) is 1. The standard InChI is InChI=1S/C15H11FN2OS2/c1-20-11-7-3-2-5-9(11)14(19)18-15-17-13-10(16)6-4-8-12(13)21-15/h2-8H,1H3,(H,17,18,19). The molecule has 3 rings (SSSR count). The van der Waals surface area contributed by atoms with Crippen LogP contribution in [-0.2, 0) is 0 Å². The molecule has 1 amide bonds. The first-order valence-corrected chi connectivity index (χ1v) is 8.22. The molecule has 0 fully saturated rings. The van der Waals surface area contributed by atoms with Gasteiger partial charge in [0, 0.05) is 4.90 Å². The fourth-order valence-corrected chi connectivity index (χ4v) is 3.44. The van der Waals surface area contributed by atoms with Gasteiger partial charge in [-0.1, -0.05) is 29.5 Å². The average Bonchev–Trinajstić information content (AvgIpc) is 2.91. The lowest BCUT2D eigenvalue weighted by molar-refractivity contribution is 0.102. The molecule has 0 saturated heterocycles. The van der Waals surface area contributed by atoms with Crippen LogP contribution in [0, 0.1) is 5.82 Å². The molecule has 0 bridgehead atoms. The zero-order valence-electron chi connectivity index (χ0n) is 11.1. The number of halogens is 1. The molecule has 106 valence electrons.